The molecule has 6 nitrogen and oxygen atoms in total. The second-order valence-electron chi connectivity index (χ2n) is 6.80. The number of carbonyl (C=O) groups excluding carboxylic acids is 1. The van der Waals surface area contributed by atoms with Gasteiger partial charge in [0.2, 0.25) is 11.7 Å². The van der Waals surface area contributed by atoms with Gasteiger partial charge in [0.1, 0.15) is 11.6 Å². The summed E-state index contributed by atoms with van der Waals surface area (Å²) in [6, 6.07) is 9.64. The maximum Gasteiger partial charge on any atom is 0.321 e. The van der Waals surface area contributed by atoms with E-state index in [0.29, 0.717) is 29.8 Å². The average Bonchev–Trinajstić information content (AvgIpc) is 3.21. The molecule has 1 N–H and O–H groups in total. The summed E-state index contributed by atoms with van der Waals surface area (Å²) in [5.41, 5.74) is 0.711. The lowest BCUT2D eigenvalue weighted by atomic mass is 9.98. The third-order valence-corrected chi connectivity index (χ3v) is 5.03. The van der Waals surface area contributed by atoms with E-state index in [1.165, 1.54) is 6.07 Å². The highest BCUT2D eigenvalue weighted by Gasteiger charge is 2.29. The molecule has 9 heteroatoms. The largest absolute Gasteiger partial charge is 0.339 e. The second kappa shape index (κ2) is 8.16. The summed E-state index contributed by atoms with van der Waals surface area (Å²) in [5, 5.41) is 7.11. The Kier molecular flexibility index (Phi) is 5.44. The van der Waals surface area contributed by atoms with Gasteiger partial charge in [-0.05, 0) is 49.2 Å². The fourth-order valence-electron chi connectivity index (χ4n) is 3.27. The SMILES string of the molecule is O=C(Nc1ccc(F)cc1F)N1CCCC(c2nc(-c3ccc(Cl)cc3)no2)C1. The van der Waals surface area contributed by atoms with E-state index in [9.17, 15) is 13.6 Å². The number of likely N-dealkylation sites (tertiary alicyclic amines) is 1. The first-order chi connectivity index (χ1) is 14.0. The Labute approximate surface area is 170 Å². The van der Waals surface area contributed by atoms with Crippen LogP contribution in [-0.4, -0.2) is 34.2 Å². The van der Waals surface area contributed by atoms with Crippen LogP contribution in [0.15, 0.2) is 47.0 Å². The van der Waals surface area contributed by atoms with Gasteiger partial charge in [-0.2, -0.15) is 4.98 Å². The summed E-state index contributed by atoms with van der Waals surface area (Å²) in [5.74, 6) is -0.754. The van der Waals surface area contributed by atoms with Crippen molar-refractivity contribution in [2.45, 2.75) is 18.8 Å². The number of rotatable bonds is 3. The number of piperidine rings is 1. The van der Waals surface area contributed by atoms with Crippen molar-refractivity contribution >= 4 is 23.3 Å². The van der Waals surface area contributed by atoms with E-state index in [0.717, 1.165) is 30.5 Å². The summed E-state index contributed by atoms with van der Waals surface area (Å²) >= 11 is 5.90. The topological polar surface area (TPSA) is 71.3 Å². The highest BCUT2D eigenvalue weighted by molar-refractivity contribution is 6.30. The van der Waals surface area contributed by atoms with Crippen LogP contribution in [-0.2, 0) is 0 Å². The summed E-state index contributed by atoms with van der Waals surface area (Å²) in [6.45, 7) is 0.875. The van der Waals surface area contributed by atoms with Gasteiger partial charge in [-0.15, -0.1) is 0 Å². The van der Waals surface area contributed by atoms with Gasteiger partial charge < -0.3 is 14.7 Å². The van der Waals surface area contributed by atoms with Gasteiger partial charge in [-0.25, -0.2) is 13.6 Å². The number of aromatic nitrogens is 2. The zero-order chi connectivity index (χ0) is 20.4. The van der Waals surface area contributed by atoms with Crippen LogP contribution in [0.25, 0.3) is 11.4 Å². The average molecular weight is 419 g/mol. The Morgan fingerprint density at radius 1 is 1.21 bits per heavy atom. The first kappa shape index (κ1) is 19.3. The molecule has 1 fully saturated rings. The Morgan fingerprint density at radius 2 is 2.00 bits per heavy atom. The Hall–Kier alpha value is -3.00. The number of nitrogens with zero attached hydrogens (tertiary/aromatic N) is 3. The Morgan fingerprint density at radius 3 is 2.76 bits per heavy atom. The van der Waals surface area contributed by atoms with E-state index in [-0.39, 0.29) is 11.6 Å². The third-order valence-electron chi connectivity index (χ3n) is 4.77. The van der Waals surface area contributed by atoms with Crippen LogP contribution in [0.4, 0.5) is 19.3 Å². The molecule has 150 valence electrons. The number of hydrogen-bond acceptors (Lipinski definition) is 4. The van der Waals surface area contributed by atoms with Gasteiger partial charge in [-0.1, -0.05) is 16.8 Å². The van der Waals surface area contributed by atoms with Gasteiger partial charge in [-0.3, -0.25) is 0 Å². The molecule has 1 aromatic heterocycles. The normalized spacial score (nSPS) is 16.7. The second-order valence-corrected chi connectivity index (χ2v) is 7.24. The molecule has 0 bridgehead atoms. The Bertz CT molecular complexity index is 1030. The molecule has 0 aliphatic carbocycles. The van der Waals surface area contributed by atoms with Crippen molar-refractivity contribution in [2.75, 3.05) is 18.4 Å². The molecule has 1 saturated heterocycles. The maximum atomic E-state index is 13.8. The van der Waals surface area contributed by atoms with Gasteiger partial charge >= 0.3 is 6.03 Å². The number of amides is 2. The minimum Gasteiger partial charge on any atom is -0.339 e. The fourth-order valence-corrected chi connectivity index (χ4v) is 3.39. The highest BCUT2D eigenvalue weighted by atomic mass is 35.5. The van der Waals surface area contributed by atoms with Crippen molar-refractivity contribution in [3.05, 3.63) is 65.0 Å². The number of hydrogen-bond donors (Lipinski definition) is 1. The molecule has 0 radical (unpaired) electrons. The van der Waals surface area contributed by atoms with E-state index in [1.807, 2.05) is 0 Å². The molecule has 2 amide bonds. The van der Waals surface area contributed by atoms with Crippen LogP contribution < -0.4 is 5.32 Å². The van der Waals surface area contributed by atoms with E-state index >= 15 is 0 Å². The van der Waals surface area contributed by atoms with E-state index < -0.39 is 17.7 Å². The van der Waals surface area contributed by atoms with Crippen LogP contribution in [0.5, 0.6) is 0 Å². The molecule has 1 unspecified atom stereocenters. The van der Waals surface area contributed by atoms with Crippen LogP contribution >= 0.6 is 11.6 Å². The smallest absolute Gasteiger partial charge is 0.321 e. The lowest BCUT2D eigenvalue weighted by molar-refractivity contribution is 0.184. The predicted octanol–water partition coefficient (Wildman–Crippen LogP) is 5.08. The lowest BCUT2D eigenvalue weighted by Crippen LogP contribution is -2.41. The van der Waals surface area contributed by atoms with Crippen molar-refractivity contribution in [3.63, 3.8) is 0 Å². The first-order valence-electron chi connectivity index (χ1n) is 9.10. The summed E-state index contributed by atoms with van der Waals surface area (Å²) in [6.07, 6.45) is 1.53. The molecule has 1 atom stereocenters. The highest BCUT2D eigenvalue weighted by Crippen LogP contribution is 2.28. The molecule has 2 heterocycles. The minimum atomic E-state index is -0.823. The summed E-state index contributed by atoms with van der Waals surface area (Å²) < 4.78 is 32.2. The zero-order valence-corrected chi connectivity index (χ0v) is 16.0. The van der Waals surface area contributed by atoms with Crippen molar-refractivity contribution in [2.24, 2.45) is 0 Å². The molecule has 0 saturated carbocycles. The molecule has 2 aromatic carbocycles. The van der Waals surface area contributed by atoms with E-state index in [4.69, 9.17) is 16.1 Å². The van der Waals surface area contributed by atoms with Crippen LogP contribution in [0.3, 0.4) is 0 Å². The monoisotopic (exact) mass is 418 g/mol. The molecule has 0 spiro atoms. The van der Waals surface area contributed by atoms with E-state index in [2.05, 4.69) is 15.5 Å². The molecular weight excluding hydrogens is 402 g/mol. The zero-order valence-electron chi connectivity index (χ0n) is 15.2. The number of halogens is 3. The predicted molar refractivity (Wildman–Crippen MR) is 104 cm³/mol. The van der Waals surface area contributed by atoms with E-state index in [1.54, 1.807) is 29.2 Å². The van der Waals surface area contributed by atoms with Gasteiger partial charge in [0.05, 0.1) is 11.6 Å². The number of benzene rings is 2. The molecule has 1 aliphatic rings. The molecule has 1 aliphatic heterocycles. The number of carbonyl (C=O) groups is 1. The minimum absolute atomic E-state index is 0.0682. The molecule has 3 aromatic rings. The summed E-state index contributed by atoms with van der Waals surface area (Å²) in [4.78, 5) is 18.5. The molecular formula is C20H17ClF2N4O2. The maximum absolute atomic E-state index is 13.8. The van der Waals surface area contributed by atoms with Gasteiger partial charge in [0, 0.05) is 29.7 Å². The standard InChI is InChI=1S/C20H17ClF2N4O2/c21-14-5-3-12(4-6-14)18-25-19(29-26-18)13-2-1-9-27(11-13)20(28)24-17-8-7-15(22)10-16(17)23/h3-8,10,13H,1-2,9,11H2,(H,24,28). The van der Waals surface area contributed by atoms with Crippen molar-refractivity contribution in [1.82, 2.24) is 15.0 Å². The van der Waals surface area contributed by atoms with Crippen molar-refractivity contribution < 1.29 is 18.1 Å². The summed E-state index contributed by atoms with van der Waals surface area (Å²) in [7, 11) is 0. The number of urea groups is 1. The quantitative estimate of drug-likeness (QED) is 0.643. The third kappa shape index (κ3) is 4.37. The van der Waals surface area contributed by atoms with Crippen molar-refractivity contribution in [1.29, 1.82) is 0 Å². The van der Waals surface area contributed by atoms with Crippen LogP contribution in [0.2, 0.25) is 5.02 Å². The van der Waals surface area contributed by atoms with Crippen LogP contribution in [0, 0.1) is 11.6 Å². The van der Waals surface area contributed by atoms with Crippen molar-refractivity contribution in [3.8, 4) is 11.4 Å². The van der Waals surface area contributed by atoms with Gasteiger partial charge in [0.15, 0.2) is 0 Å². The Balaban J connectivity index is 1.44. The number of nitrogens with one attached hydrogen (secondary N) is 1. The number of anilines is 1. The fraction of sp³-hybridized carbons (Fsp3) is 0.250. The lowest BCUT2D eigenvalue weighted by Gasteiger charge is -2.31. The van der Waals surface area contributed by atoms with Gasteiger partial charge in [0.25, 0.3) is 0 Å². The molecule has 29 heavy (non-hydrogen) atoms. The molecule has 4 rings (SSSR count). The van der Waals surface area contributed by atoms with Crippen LogP contribution in [0.1, 0.15) is 24.7 Å². The first-order valence-corrected chi connectivity index (χ1v) is 9.48.